The van der Waals surface area contributed by atoms with Crippen LogP contribution in [0.5, 0.6) is 0 Å². The molecule has 1 aromatic rings. The largest absolute Gasteiger partial charge is 0.273 e. The summed E-state index contributed by atoms with van der Waals surface area (Å²) in [6.45, 7) is 4.56. The highest BCUT2D eigenvalue weighted by Crippen LogP contribution is 2.51. The highest BCUT2D eigenvalue weighted by Gasteiger charge is 2.54. The Morgan fingerprint density at radius 3 is 2.59 bits per heavy atom. The van der Waals surface area contributed by atoms with Crippen LogP contribution in [0.3, 0.4) is 0 Å². The molecule has 0 bridgehead atoms. The molecule has 3 nitrogen and oxygen atoms in total. The number of benzene rings is 1. The third-order valence-electron chi connectivity index (χ3n) is 3.68. The Hall–Kier alpha value is -0.290. The first-order chi connectivity index (χ1) is 10.6. The summed E-state index contributed by atoms with van der Waals surface area (Å²) >= 11 is 7.23. The Balaban J connectivity index is 2.10. The number of rotatable bonds is 7. The first-order valence-electron chi connectivity index (χ1n) is 7.45. The van der Waals surface area contributed by atoms with Gasteiger partial charge in [-0.2, -0.15) is 0 Å². The second kappa shape index (κ2) is 8.53. The Labute approximate surface area is 145 Å². The van der Waals surface area contributed by atoms with Gasteiger partial charge in [-0.25, -0.2) is 4.21 Å². The fourth-order valence-electron chi connectivity index (χ4n) is 2.54. The number of hydrogen-bond donors (Lipinski definition) is 0. The zero-order chi connectivity index (χ0) is 16.1. The maximum absolute atomic E-state index is 12.8. The molecule has 2 rings (SSSR count). The number of nitrogens with zero attached hydrogens (tertiary/aromatic N) is 1. The summed E-state index contributed by atoms with van der Waals surface area (Å²) in [5, 5.41) is 0. The van der Waals surface area contributed by atoms with E-state index in [0.29, 0.717) is 6.54 Å². The zero-order valence-electron chi connectivity index (χ0n) is 12.8. The van der Waals surface area contributed by atoms with Crippen LogP contribution >= 0.6 is 17.3 Å². The van der Waals surface area contributed by atoms with Gasteiger partial charge in [-0.05, 0) is 18.4 Å². The molecule has 7 heteroatoms. The van der Waals surface area contributed by atoms with E-state index in [1.54, 1.807) is 15.7 Å². The van der Waals surface area contributed by atoms with Crippen molar-refractivity contribution >= 4 is 46.0 Å². The highest BCUT2D eigenvalue weighted by atomic mass is 32.9. The molecule has 1 aromatic carbocycles. The minimum absolute atomic E-state index is 0.0239. The van der Waals surface area contributed by atoms with Crippen molar-refractivity contribution in [1.82, 2.24) is 4.31 Å². The van der Waals surface area contributed by atoms with Crippen molar-refractivity contribution in [2.45, 2.75) is 31.7 Å². The summed E-state index contributed by atoms with van der Waals surface area (Å²) in [5.74, 6) is -0.0764. The number of carbonyl (C=O) groups excluding carboxylic acids is 1. The molecule has 22 heavy (non-hydrogen) atoms. The van der Waals surface area contributed by atoms with Gasteiger partial charge in [0.05, 0.1) is 17.3 Å². The molecule has 1 amide bonds. The molecule has 0 spiro atoms. The van der Waals surface area contributed by atoms with E-state index in [4.69, 9.17) is 11.8 Å². The Bertz CT molecular complexity index is 567. The van der Waals surface area contributed by atoms with Crippen molar-refractivity contribution in [1.29, 1.82) is 0 Å². The van der Waals surface area contributed by atoms with Crippen LogP contribution in [0.25, 0.3) is 0 Å². The second-order valence-electron chi connectivity index (χ2n) is 5.06. The number of hydrogen-bond acceptors (Lipinski definition) is 4. The normalized spacial score (nSPS) is 25.5. The van der Waals surface area contributed by atoms with Gasteiger partial charge in [0.25, 0.3) is 5.90 Å². The second-order valence-corrected chi connectivity index (χ2v) is 12.7. The fourth-order valence-corrected chi connectivity index (χ4v) is 10.8. The molecule has 1 aliphatic heterocycles. The molecule has 1 fully saturated rings. The van der Waals surface area contributed by atoms with Gasteiger partial charge >= 0.3 is 0 Å². The average Bonchev–Trinajstić information content (AvgIpc) is 2.77. The fraction of sp³-hybridized carbons (Fsp3) is 0.533. The van der Waals surface area contributed by atoms with Gasteiger partial charge < -0.3 is 0 Å². The lowest BCUT2D eigenvalue weighted by Gasteiger charge is -2.13. The first-order valence-corrected chi connectivity index (χ1v) is 12.6. The monoisotopic (exact) mass is 374 g/mol. The molecule has 0 radical (unpaired) electrons. The lowest BCUT2D eigenvalue weighted by Crippen LogP contribution is -2.29. The van der Waals surface area contributed by atoms with Crippen molar-refractivity contribution in [3.05, 3.63) is 35.9 Å². The first kappa shape index (κ1) is 18.1. The third-order valence-corrected chi connectivity index (χ3v) is 12.3. The van der Waals surface area contributed by atoms with Crippen molar-refractivity contribution in [2.75, 3.05) is 12.3 Å². The number of amides is 1. The summed E-state index contributed by atoms with van der Waals surface area (Å²) in [4.78, 5) is 12.4. The standard InChI is InChI=1S/C15H21NO2PS3/c1-3-13-14(17)16(11-10-12-8-6-5-7-9-12)22(18)15(13)19(20)21-4-2/h5-9,13,15H,3-4,10-11H2,1-2H3/q+1. The van der Waals surface area contributed by atoms with Crippen LogP contribution in [-0.2, 0) is 34.0 Å². The third kappa shape index (κ3) is 3.97. The zero-order valence-corrected chi connectivity index (χ0v) is 16.1. The molecule has 4 unspecified atom stereocenters. The van der Waals surface area contributed by atoms with Gasteiger partial charge in [0.15, 0.2) is 22.8 Å². The minimum atomic E-state index is -1.28. The van der Waals surface area contributed by atoms with Crippen LogP contribution in [0.4, 0.5) is 0 Å². The minimum Gasteiger partial charge on any atom is -0.273 e. The van der Waals surface area contributed by atoms with Crippen LogP contribution in [0.1, 0.15) is 25.8 Å². The van der Waals surface area contributed by atoms with E-state index in [-0.39, 0.29) is 16.8 Å². The van der Waals surface area contributed by atoms with Gasteiger partial charge in [-0.15, -0.1) is 0 Å². The van der Waals surface area contributed by atoms with E-state index >= 15 is 0 Å². The Kier molecular flexibility index (Phi) is 7.00. The van der Waals surface area contributed by atoms with Gasteiger partial charge in [0.2, 0.25) is 10.9 Å². The molecule has 1 aliphatic rings. The molecule has 1 heterocycles. The van der Waals surface area contributed by atoms with Crippen molar-refractivity contribution < 1.29 is 9.00 Å². The van der Waals surface area contributed by atoms with Gasteiger partial charge in [0, 0.05) is 12.3 Å². The van der Waals surface area contributed by atoms with Crippen molar-refractivity contribution in [3.63, 3.8) is 0 Å². The average molecular weight is 375 g/mol. The van der Waals surface area contributed by atoms with Crippen LogP contribution in [-0.4, -0.2) is 31.7 Å². The van der Waals surface area contributed by atoms with Crippen molar-refractivity contribution in [3.8, 4) is 0 Å². The molecule has 0 saturated carbocycles. The SMILES string of the molecule is CCS[P+](=S)C1C(CC)C(=O)N(CCc2ccccc2)S1=O. The highest BCUT2D eigenvalue weighted by molar-refractivity contribution is 8.65. The molecule has 120 valence electrons. The van der Waals surface area contributed by atoms with Crippen LogP contribution in [0, 0.1) is 5.92 Å². The van der Waals surface area contributed by atoms with E-state index in [1.165, 1.54) is 0 Å². The quantitative estimate of drug-likeness (QED) is 0.682. The van der Waals surface area contributed by atoms with E-state index in [0.717, 1.165) is 24.2 Å². The summed E-state index contributed by atoms with van der Waals surface area (Å²) < 4.78 is 14.3. The number of carbonyl (C=O) groups is 1. The lowest BCUT2D eigenvalue weighted by molar-refractivity contribution is -0.128. The van der Waals surface area contributed by atoms with E-state index in [1.807, 2.05) is 37.3 Å². The van der Waals surface area contributed by atoms with Gasteiger partial charge in [0.1, 0.15) is 0 Å². The van der Waals surface area contributed by atoms with Crippen molar-refractivity contribution in [2.24, 2.45) is 5.92 Å². The molecule has 0 aromatic heterocycles. The maximum Gasteiger partial charge on any atom is 0.264 e. The topological polar surface area (TPSA) is 37.4 Å². The molecule has 0 aliphatic carbocycles. The van der Waals surface area contributed by atoms with Gasteiger partial charge in [-0.1, -0.05) is 44.2 Å². The van der Waals surface area contributed by atoms with E-state index in [2.05, 4.69) is 6.92 Å². The smallest absolute Gasteiger partial charge is 0.264 e. The summed E-state index contributed by atoms with van der Waals surface area (Å²) in [5.41, 5.74) is 1.16. The van der Waals surface area contributed by atoms with Crippen LogP contribution in [0.2, 0.25) is 0 Å². The Morgan fingerprint density at radius 2 is 2.00 bits per heavy atom. The predicted octanol–water partition coefficient (Wildman–Crippen LogP) is 3.70. The predicted molar refractivity (Wildman–Crippen MR) is 100.0 cm³/mol. The summed E-state index contributed by atoms with van der Waals surface area (Å²) in [6, 6.07) is 10.0. The summed E-state index contributed by atoms with van der Waals surface area (Å²) in [7, 11) is -1.28. The van der Waals surface area contributed by atoms with Gasteiger partial charge in [-0.3, -0.25) is 9.10 Å². The van der Waals surface area contributed by atoms with Crippen LogP contribution in [0.15, 0.2) is 30.3 Å². The van der Waals surface area contributed by atoms with Crippen LogP contribution < -0.4 is 0 Å². The lowest BCUT2D eigenvalue weighted by atomic mass is 10.1. The molecule has 1 saturated heterocycles. The van der Waals surface area contributed by atoms with E-state index < -0.39 is 16.9 Å². The molecular weight excluding hydrogens is 353 g/mol. The van der Waals surface area contributed by atoms with E-state index in [9.17, 15) is 9.00 Å². The summed E-state index contributed by atoms with van der Waals surface area (Å²) in [6.07, 6.45) is 1.45. The molecule has 0 N–H and O–H groups in total. The Morgan fingerprint density at radius 1 is 1.32 bits per heavy atom. The maximum atomic E-state index is 12.8. The molecule has 4 atom stereocenters. The molecular formula is C15H21NO2PS3+.